The third-order valence-corrected chi connectivity index (χ3v) is 2.40. The second-order valence-corrected chi connectivity index (χ2v) is 3.64. The molecule has 1 heterocycles. The summed E-state index contributed by atoms with van der Waals surface area (Å²) in [7, 11) is 0. The number of hydrogen-bond acceptors (Lipinski definition) is 2. The van der Waals surface area contributed by atoms with E-state index in [1.807, 2.05) is 0 Å². The summed E-state index contributed by atoms with van der Waals surface area (Å²) in [5.74, 6) is 0.663. The average molecular weight is 172 g/mol. The highest BCUT2D eigenvalue weighted by atomic mass is 16.7. The molecule has 1 aliphatic rings. The highest BCUT2D eigenvalue weighted by Crippen LogP contribution is 2.15. The summed E-state index contributed by atoms with van der Waals surface area (Å²) >= 11 is 0. The van der Waals surface area contributed by atoms with Gasteiger partial charge >= 0.3 is 0 Å². The molecule has 2 heteroatoms. The van der Waals surface area contributed by atoms with Gasteiger partial charge in [0, 0.05) is 6.61 Å². The smallest absolute Gasteiger partial charge is 0.157 e. The van der Waals surface area contributed by atoms with Crippen LogP contribution >= 0.6 is 0 Å². The lowest BCUT2D eigenvalue weighted by molar-refractivity contribution is -0.168. The zero-order valence-corrected chi connectivity index (χ0v) is 8.21. The highest BCUT2D eigenvalue weighted by molar-refractivity contribution is 4.55. The second-order valence-electron chi connectivity index (χ2n) is 3.64. The van der Waals surface area contributed by atoms with Crippen LogP contribution in [0.4, 0.5) is 0 Å². The molecule has 12 heavy (non-hydrogen) atoms. The van der Waals surface area contributed by atoms with Crippen molar-refractivity contribution in [2.24, 2.45) is 5.92 Å². The summed E-state index contributed by atoms with van der Waals surface area (Å²) in [5.41, 5.74) is 0. The van der Waals surface area contributed by atoms with Gasteiger partial charge in [0.1, 0.15) is 0 Å². The molecule has 2 nitrogen and oxygen atoms in total. The van der Waals surface area contributed by atoms with Crippen LogP contribution in [0.5, 0.6) is 0 Å². The first-order valence-electron chi connectivity index (χ1n) is 5.06. The van der Waals surface area contributed by atoms with Crippen molar-refractivity contribution in [1.82, 2.24) is 0 Å². The van der Waals surface area contributed by atoms with Crippen LogP contribution in [0.1, 0.15) is 39.5 Å². The van der Waals surface area contributed by atoms with E-state index in [4.69, 9.17) is 9.47 Å². The van der Waals surface area contributed by atoms with Crippen LogP contribution in [0, 0.1) is 5.92 Å². The van der Waals surface area contributed by atoms with Crippen LogP contribution in [0.2, 0.25) is 0 Å². The predicted molar refractivity (Wildman–Crippen MR) is 49.0 cm³/mol. The SMILES string of the molecule is CC[C@@H](C)COC1CCCCO1. The van der Waals surface area contributed by atoms with Gasteiger partial charge in [-0.15, -0.1) is 0 Å². The first-order chi connectivity index (χ1) is 5.83. The topological polar surface area (TPSA) is 18.5 Å². The standard InChI is InChI=1S/C10H20O2/c1-3-9(2)8-12-10-6-4-5-7-11-10/h9-10H,3-8H2,1-2H3/t9-,10?/m1/s1. The van der Waals surface area contributed by atoms with Gasteiger partial charge in [0.2, 0.25) is 0 Å². The average Bonchev–Trinajstić information content (AvgIpc) is 2.16. The highest BCUT2D eigenvalue weighted by Gasteiger charge is 2.14. The molecule has 1 aliphatic heterocycles. The monoisotopic (exact) mass is 172 g/mol. The Hall–Kier alpha value is -0.0800. The predicted octanol–water partition coefficient (Wildman–Crippen LogP) is 2.58. The van der Waals surface area contributed by atoms with Gasteiger partial charge in [0.25, 0.3) is 0 Å². The first kappa shape index (κ1) is 10.0. The zero-order chi connectivity index (χ0) is 8.81. The van der Waals surface area contributed by atoms with Crippen molar-refractivity contribution in [2.75, 3.05) is 13.2 Å². The van der Waals surface area contributed by atoms with Crippen molar-refractivity contribution in [3.63, 3.8) is 0 Å². The van der Waals surface area contributed by atoms with Gasteiger partial charge in [0.15, 0.2) is 6.29 Å². The summed E-state index contributed by atoms with van der Waals surface area (Å²) in [6, 6.07) is 0. The minimum atomic E-state index is 0.0905. The molecule has 1 unspecified atom stereocenters. The van der Waals surface area contributed by atoms with Crippen molar-refractivity contribution in [1.29, 1.82) is 0 Å². The van der Waals surface area contributed by atoms with Gasteiger partial charge in [-0.3, -0.25) is 0 Å². The third kappa shape index (κ3) is 3.55. The Labute approximate surface area is 75.2 Å². The van der Waals surface area contributed by atoms with E-state index in [1.165, 1.54) is 19.3 Å². The van der Waals surface area contributed by atoms with Crippen LogP contribution in [-0.4, -0.2) is 19.5 Å². The van der Waals surface area contributed by atoms with Gasteiger partial charge in [-0.05, 0) is 25.2 Å². The Morgan fingerprint density at radius 2 is 2.33 bits per heavy atom. The Balaban J connectivity index is 2.05. The maximum Gasteiger partial charge on any atom is 0.157 e. The molecule has 0 aliphatic carbocycles. The fourth-order valence-corrected chi connectivity index (χ4v) is 1.23. The zero-order valence-electron chi connectivity index (χ0n) is 8.21. The fraction of sp³-hybridized carbons (Fsp3) is 1.00. The fourth-order valence-electron chi connectivity index (χ4n) is 1.23. The lowest BCUT2D eigenvalue weighted by Crippen LogP contribution is -2.24. The first-order valence-corrected chi connectivity index (χ1v) is 5.06. The van der Waals surface area contributed by atoms with E-state index in [0.717, 1.165) is 19.6 Å². The van der Waals surface area contributed by atoms with Crippen LogP contribution in [-0.2, 0) is 9.47 Å². The summed E-state index contributed by atoms with van der Waals surface area (Å²) in [4.78, 5) is 0. The molecule has 0 aromatic rings. The number of rotatable bonds is 4. The molecule has 0 radical (unpaired) electrons. The number of hydrogen-bond donors (Lipinski definition) is 0. The van der Waals surface area contributed by atoms with Crippen LogP contribution in [0.15, 0.2) is 0 Å². The minimum absolute atomic E-state index is 0.0905. The quantitative estimate of drug-likeness (QED) is 0.649. The summed E-state index contributed by atoms with van der Waals surface area (Å²) in [5, 5.41) is 0. The molecule has 0 saturated carbocycles. The Kier molecular flexibility index (Phi) is 4.62. The lowest BCUT2D eigenvalue weighted by atomic mass is 10.1. The lowest BCUT2D eigenvalue weighted by Gasteiger charge is -2.23. The summed E-state index contributed by atoms with van der Waals surface area (Å²) < 4.78 is 11.1. The second kappa shape index (κ2) is 5.55. The summed E-state index contributed by atoms with van der Waals surface area (Å²) in [6.07, 6.45) is 4.81. The van der Waals surface area contributed by atoms with Gasteiger partial charge in [-0.2, -0.15) is 0 Å². The van der Waals surface area contributed by atoms with Gasteiger partial charge in [-0.25, -0.2) is 0 Å². The van der Waals surface area contributed by atoms with Crippen LogP contribution < -0.4 is 0 Å². The molecule has 2 atom stereocenters. The summed E-state index contributed by atoms with van der Waals surface area (Å²) in [6.45, 7) is 6.13. The molecule has 0 aromatic heterocycles. The third-order valence-electron chi connectivity index (χ3n) is 2.40. The van der Waals surface area contributed by atoms with Crippen molar-refractivity contribution in [2.45, 2.75) is 45.8 Å². The molecule has 1 rings (SSSR count). The molecule has 1 saturated heterocycles. The molecule has 0 aromatic carbocycles. The van der Waals surface area contributed by atoms with E-state index in [-0.39, 0.29) is 6.29 Å². The van der Waals surface area contributed by atoms with E-state index in [2.05, 4.69) is 13.8 Å². The molecule has 0 N–H and O–H groups in total. The van der Waals surface area contributed by atoms with Crippen molar-refractivity contribution in [3.05, 3.63) is 0 Å². The molecule has 0 amide bonds. The molecule has 0 spiro atoms. The molecule has 72 valence electrons. The van der Waals surface area contributed by atoms with E-state index < -0.39 is 0 Å². The maximum absolute atomic E-state index is 5.61. The van der Waals surface area contributed by atoms with Crippen LogP contribution in [0.25, 0.3) is 0 Å². The molecular formula is C10H20O2. The minimum Gasteiger partial charge on any atom is -0.353 e. The van der Waals surface area contributed by atoms with Gasteiger partial charge < -0.3 is 9.47 Å². The molecular weight excluding hydrogens is 152 g/mol. The van der Waals surface area contributed by atoms with E-state index in [0.29, 0.717) is 5.92 Å². The molecule has 0 bridgehead atoms. The van der Waals surface area contributed by atoms with E-state index in [1.54, 1.807) is 0 Å². The number of ether oxygens (including phenoxy) is 2. The Morgan fingerprint density at radius 1 is 1.50 bits per heavy atom. The van der Waals surface area contributed by atoms with Crippen molar-refractivity contribution >= 4 is 0 Å². The van der Waals surface area contributed by atoms with Gasteiger partial charge in [-0.1, -0.05) is 20.3 Å². The van der Waals surface area contributed by atoms with Crippen molar-refractivity contribution < 1.29 is 9.47 Å². The van der Waals surface area contributed by atoms with Gasteiger partial charge in [0.05, 0.1) is 6.61 Å². The Morgan fingerprint density at radius 3 is 2.92 bits per heavy atom. The molecule has 1 fully saturated rings. The maximum atomic E-state index is 5.61. The van der Waals surface area contributed by atoms with Crippen LogP contribution in [0.3, 0.4) is 0 Å². The van der Waals surface area contributed by atoms with Crippen molar-refractivity contribution in [3.8, 4) is 0 Å². The normalized spacial score (nSPS) is 27.0. The van der Waals surface area contributed by atoms with E-state index >= 15 is 0 Å². The largest absolute Gasteiger partial charge is 0.353 e. The van der Waals surface area contributed by atoms with E-state index in [9.17, 15) is 0 Å². The Bertz CT molecular complexity index is 108.